The number of rotatable bonds is 6. The number of phenolic OH excluding ortho intramolecular Hbond substituents is 1. The van der Waals surface area contributed by atoms with Gasteiger partial charge in [0.1, 0.15) is 12.4 Å². The number of carbonyl (C=O) groups is 1. The van der Waals surface area contributed by atoms with E-state index in [9.17, 15) is 9.90 Å². The standard InChI is InChI=1S/C18H18BrNO3/c19-16-9-10-17(21)15(12-16)8-4-5-11-20-18(22)23-13-14-6-2-1-3-7-14/h1-4,6-10,12,21H,5,11,13H2,(H,20,22). The third-order valence-corrected chi connectivity index (χ3v) is 3.57. The van der Waals surface area contributed by atoms with Crippen LogP contribution in [0.15, 0.2) is 59.1 Å². The molecule has 0 unspecified atom stereocenters. The number of nitrogens with one attached hydrogen (secondary N) is 1. The van der Waals surface area contributed by atoms with E-state index >= 15 is 0 Å². The van der Waals surface area contributed by atoms with Crippen LogP contribution in [0.1, 0.15) is 17.5 Å². The number of ether oxygens (including phenoxy) is 1. The molecule has 0 fully saturated rings. The molecule has 0 heterocycles. The van der Waals surface area contributed by atoms with Gasteiger partial charge in [0, 0.05) is 16.6 Å². The van der Waals surface area contributed by atoms with E-state index in [2.05, 4.69) is 21.2 Å². The molecule has 0 spiro atoms. The average Bonchev–Trinajstić information content (AvgIpc) is 2.56. The normalized spacial score (nSPS) is 10.7. The van der Waals surface area contributed by atoms with Crippen LogP contribution in [0.2, 0.25) is 0 Å². The topological polar surface area (TPSA) is 58.6 Å². The van der Waals surface area contributed by atoms with E-state index < -0.39 is 6.09 Å². The van der Waals surface area contributed by atoms with Crippen molar-refractivity contribution in [1.29, 1.82) is 0 Å². The molecular formula is C18H18BrNO3. The van der Waals surface area contributed by atoms with Crippen molar-refractivity contribution in [3.8, 4) is 5.75 Å². The molecule has 0 aliphatic heterocycles. The highest BCUT2D eigenvalue weighted by atomic mass is 79.9. The van der Waals surface area contributed by atoms with E-state index in [1.807, 2.05) is 48.6 Å². The first-order valence-corrected chi connectivity index (χ1v) is 8.04. The molecule has 0 atom stereocenters. The molecule has 0 saturated heterocycles. The van der Waals surface area contributed by atoms with E-state index in [4.69, 9.17) is 4.74 Å². The lowest BCUT2D eigenvalue weighted by Gasteiger charge is -2.06. The number of halogens is 1. The van der Waals surface area contributed by atoms with Gasteiger partial charge in [0.2, 0.25) is 0 Å². The van der Waals surface area contributed by atoms with E-state index in [1.165, 1.54) is 0 Å². The number of hydrogen-bond acceptors (Lipinski definition) is 3. The minimum Gasteiger partial charge on any atom is -0.507 e. The van der Waals surface area contributed by atoms with Gasteiger partial charge in [-0.1, -0.05) is 58.4 Å². The predicted octanol–water partition coefficient (Wildman–Crippen LogP) is 4.48. The molecule has 0 aliphatic carbocycles. The predicted molar refractivity (Wildman–Crippen MR) is 94.1 cm³/mol. The zero-order chi connectivity index (χ0) is 16.5. The van der Waals surface area contributed by atoms with Gasteiger partial charge < -0.3 is 15.2 Å². The lowest BCUT2D eigenvalue weighted by Crippen LogP contribution is -2.24. The summed E-state index contributed by atoms with van der Waals surface area (Å²) in [6.45, 7) is 0.729. The summed E-state index contributed by atoms with van der Waals surface area (Å²) in [7, 11) is 0. The largest absolute Gasteiger partial charge is 0.507 e. The summed E-state index contributed by atoms with van der Waals surface area (Å²) in [5.41, 5.74) is 1.68. The second-order valence-electron chi connectivity index (χ2n) is 4.88. The molecule has 23 heavy (non-hydrogen) atoms. The van der Waals surface area contributed by atoms with Crippen molar-refractivity contribution in [2.45, 2.75) is 13.0 Å². The Balaban J connectivity index is 1.67. The van der Waals surface area contributed by atoms with E-state index in [-0.39, 0.29) is 12.4 Å². The van der Waals surface area contributed by atoms with Crippen molar-refractivity contribution < 1.29 is 14.6 Å². The summed E-state index contributed by atoms with van der Waals surface area (Å²) in [6, 6.07) is 14.8. The number of hydrogen-bond donors (Lipinski definition) is 2. The van der Waals surface area contributed by atoms with Crippen LogP contribution < -0.4 is 5.32 Å². The fourth-order valence-corrected chi connectivity index (χ4v) is 2.28. The van der Waals surface area contributed by atoms with Crippen LogP contribution in [0.25, 0.3) is 6.08 Å². The Kier molecular flexibility index (Phi) is 6.69. The van der Waals surface area contributed by atoms with Crippen molar-refractivity contribution in [3.63, 3.8) is 0 Å². The average molecular weight is 376 g/mol. The van der Waals surface area contributed by atoms with E-state index in [1.54, 1.807) is 12.1 Å². The van der Waals surface area contributed by atoms with Gasteiger partial charge in [-0.3, -0.25) is 0 Å². The number of carbonyl (C=O) groups excluding carboxylic acids is 1. The van der Waals surface area contributed by atoms with Gasteiger partial charge >= 0.3 is 6.09 Å². The van der Waals surface area contributed by atoms with Crippen molar-refractivity contribution in [3.05, 3.63) is 70.2 Å². The Morgan fingerprint density at radius 1 is 1.22 bits per heavy atom. The summed E-state index contributed by atoms with van der Waals surface area (Å²) >= 11 is 3.36. The third kappa shape index (κ3) is 6.16. The second-order valence-corrected chi connectivity index (χ2v) is 5.80. The molecule has 0 saturated carbocycles. The quantitative estimate of drug-likeness (QED) is 0.731. The molecule has 2 aromatic carbocycles. The zero-order valence-electron chi connectivity index (χ0n) is 12.5. The molecule has 2 N–H and O–H groups in total. The Morgan fingerprint density at radius 3 is 2.78 bits per heavy atom. The number of aromatic hydroxyl groups is 1. The van der Waals surface area contributed by atoms with Crippen LogP contribution in [0.3, 0.4) is 0 Å². The molecule has 2 aromatic rings. The third-order valence-electron chi connectivity index (χ3n) is 3.08. The van der Waals surface area contributed by atoms with Crippen LogP contribution in [-0.2, 0) is 11.3 Å². The highest BCUT2D eigenvalue weighted by Gasteiger charge is 2.01. The van der Waals surface area contributed by atoms with Gasteiger partial charge in [-0.2, -0.15) is 0 Å². The van der Waals surface area contributed by atoms with Gasteiger partial charge in [0.15, 0.2) is 0 Å². The number of amides is 1. The molecule has 5 heteroatoms. The summed E-state index contributed by atoms with van der Waals surface area (Å²) in [6.07, 6.45) is 3.91. The second kappa shape index (κ2) is 9.00. The molecule has 2 rings (SSSR count). The van der Waals surface area contributed by atoms with Gasteiger partial charge in [-0.05, 0) is 30.2 Å². The fourth-order valence-electron chi connectivity index (χ4n) is 1.90. The number of phenols is 1. The maximum Gasteiger partial charge on any atom is 0.407 e. The van der Waals surface area contributed by atoms with Gasteiger partial charge in [0.05, 0.1) is 0 Å². The van der Waals surface area contributed by atoms with Crippen molar-refractivity contribution >= 4 is 28.1 Å². The summed E-state index contributed by atoms with van der Waals surface area (Å²) < 4.78 is 6.01. The first-order valence-electron chi connectivity index (χ1n) is 7.25. The highest BCUT2D eigenvalue weighted by Crippen LogP contribution is 2.22. The maximum atomic E-state index is 11.5. The molecule has 0 bridgehead atoms. The van der Waals surface area contributed by atoms with Crippen LogP contribution in [0.5, 0.6) is 5.75 Å². The monoisotopic (exact) mass is 375 g/mol. The van der Waals surface area contributed by atoms with Gasteiger partial charge in [-0.25, -0.2) is 4.79 Å². The maximum absolute atomic E-state index is 11.5. The van der Waals surface area contributed by atoms with E-state index in [0.29, 0.717) is 13.0 Å². The van der Waals surface area contributed by atoms with E-state index in [0.717, 1.165) is 15.6 Å². The fraction of sp³-hybridized carbons (Fsp3) is 0.167. The number of benzene rings is 2. The van der Waals surface area contributed by atoms with Crippen LogP contribution in [-0.4, -0.2) is 17.7 Å². The van der Waals surface area contributed by atoms with Crippen molar-refractivity contribution in [2.24, 2.45) is 0 Å². The molecule has 4 nitrogen and oxygen atoms in total. The first kappa shape index (κ1) is 17.1. The summed E-state index contributed by atoms with van der Waals surface area (Å²) in [5, 5.41) is 12.4. The summed E-state index contributed by atoms with van der Waals surface area (Å²) in [5.74, 6) is 0.222. The minimum absolute atomic E-state index is 0.222. The van der Waals surface area contributed by atoms with Crippen LogP contribution >= 0.6 is 15.9 Å². The first-order chi connectivity index (χ1) is 11.1. The summed E-state index contributed by atoms with van der Waals surface area (Å²) in [4.78, 5) is 11.5. The lowest BCUT2D eigenvalue weighted by atomic mass is 10.2. The van der Waals surface area contributed by atoms with Gasteiger partial charge in [-0.15, -0.1) is 0 Å². The SMILES string of the molecule is O=C(NCCC=Cc1cc(Br)ccc1O)OCc1ccccc1. The molecule has 120 valence electrons. The van der Waals surface area contributed by atoms with Gasteiger partial charge in [0.25, 0.3) is 0 Å². The lowest BCUT2D eigenvalue weighted by molar-refractivity contribution is 0.140. The Morgan fingerprint density at radius 2 is 2.00 bits per heavy atom. The van der Waals surface area contributed by atoms with Crippen LogP contribution in [0.4, 0.5) is 4.79 Å². The molecule has 0 aromatic heterocycles. The Hall–Kier alpha value is -2.27. The molecule has 0 radical (unpaired) electrons. The zero-order valence-corrected chi connectivity index (χ0v) is 14.1. The number of alkyl carbamates (subject to hydrolysis) is 1. The molecular weight excluding hydrogens is 358 g/mol. The molecule has 0 aliphatic rings. The minimum atomic E-state index is -0.437. The van der Waals surface area contributed by atoms with Crippen molar-refractivity contribution in [1.82, 2.24) is 5.32 Å². The Labute approximate surface area is 143 Å². The Bertz CT molecular complexity index is 671. The smallest absolute Gasteiger partial charge is 0.407 e. The molecule has 1 amide bonds. The van der Waals surface area contributed by atoms with Crippen LogP contribution in [0, 0.1) is 0 Å². The highest BCUT2D eigenvalue weighted by molar-refractivity contribution is 9.10. The van der Waals surface area contributed by atoms with Crippen molar-refractivity contribution in [2.75, 3.05) is 6.54 Å².